The van der Waals surface area contributed by atoms with E-state index in [0.29, 0.717) is 16.6 Å². The van der Waals surface area contributed by atoms with E-state index in [1.807, 2.05) is 0 Å². The topological polar surface area (TPSA) is 122 Å². The standard InChI is InChI=1S/C9H9BN2O6/c13-9(14)11-3-5-1-6(12(16)17)2-8-7(5)4-18-10(8)15/h1-2,11,15H,3-4H2,(H,13,14). The number of fused-ring (bicyclic) bond motifs is 1. The molecule has 8 nitrogen and oxygen atoms in total. The predicted octanol–water partition coefficient (Wildman–Crippen LogP) is -0.420. The quantitative estimate of drug-likeness (QED) is 0.381. The Labute approximate surface area is 101 Å². The lowest BCUT2D eigenvalue weighted by Gasteiger charge is -2.07. The fourth-order valence-electron chi connectivity index (χ4n) is 1.82. The van der Waals surface area contributed by atoms with Crippen LogP contribution < -0.4 is 10.8 Å². The van der Waals surface area contributed by atoms with Gasteiger partial charge in [-0.05, 0) is 16.6 Å². The molecule has 0 unspecified atom stereocenters. The summed E-state index contributed by atoms with van der Waals surface area (Å²) in [6.07, 6.45) is -1.23. The van der Waals surface area contributed by atoms with Gasteiger partial charge in [-0.25, -0.2) is 4.79 Å². The number of carbonyl (C=O) groups is 1. The zero-order valence-electron chi connectivity index (χ0n) is 9.12. The summed E-state index contributed by atoms with van der Waals surface area (Å²) in [5.41, 5.74) is 1.12. The van der Waals surface area contributed by atoms with Crippen molar-refractivity contribution in [1.82, 2.24) is 5.32 Å². The predicted molar refractivity (Wildman–Crippen MR) is 60.4 cm³/mol. The smallest absolute Gasteiger partial charge is 0.465 e. The highest BCUT2D eigenvalue weighted by atomic mass is 16.6. The number of nitro benzene ring substituents is 1. The molecule has 1 aromatic carbocycles. The fourth-order valence-corrected chi connectivity index (χ4v) is 1.82. The summed E-state index contributed by atoms with van der Waals surface area (Å²) in [6, 6.07) is 2.51. The van der Waals surface area contributed by atoms with Crippen LogP contribution in [0.15, 0.2) is 12.1 Å². The summed E-state index contributed by atoms with van der Waals surface area (Å²) < 4.78 is 4.96. The molecule has 2 rings (SSSR count). The van der Waals surface area contributed by atoms with Crippen molar-refractivity contribution in [1.29, 1.82) is 0 Å². The van der Waals surface area contributed by atoms with Crippen molar-refractivity contribution in [2.45, 2.75) is 13.2 Å². The number of nitrogens with zero attached hydrogens (tertiary/aromatic N) is 1. The lowest BCUT2D eigenvalue weighted by molar-refractivity contribution is -0.384. The molecule has 0 fully saturated rings. The van der Waals surface area contributed by atoms with E-state index in [2.05, 4.69) is 5.32 Å². The number of non-ortho nitro benzene ring substituents is 1. The van der Waals surface area contributed by atoms with Crippen LogP contribution in [0.2, 0.25) is 0 Å². The van der Waals surface area contributed by atoms with Crippen LogP contribution in [-0.2, 0) is 17.8 Å². The molecule has 0 saturated carbocycles. The second kappa shape index (κ2) is 4.63. The average molecular weight is 252 g/mol. The maximum absolute atomic E-state index is 10.7. The molecule has 0 saturated heterocycles. The van der Waals surface area contributed by atoms with Crippen molar-refractivity contribution in [2.24, 2.45) is 0 Å². The van der Waals surface area contributed by atoms with Crippen molar-refractivity contribution in [2.75, 3.05) is 0 Å². The minimum absolute atomic E-state index is 0.0740. The number of benzene rings is 1. The Balaban J connectivity index is 2.41. The number of carboxylic acid groups (broad SMARTS) is 1. The van der Waals surface area contributed by atoms with Crippen molar-refractivity contribution < 1.29 is 24.5 Å². The first-order valence-corrected chi connectivity index (χ1v) is 5.05. The summed E-state index contributed by atoms with van der Waals surface area (Å²) in [5, 5.41) is 30.9. The molecule has 0 bridgehead atoms. The number of nitrogens with one attached hydrogen (secondary N) is 1. The molecule has 9 heteroatoms. The second-order valence-electron chi connectivity index (χ2n) is 3.75. The number of nitro groups is 1. The fraction of sp³-hybridized carbons (Fsp3) is 0.222. The van der Waals surface area contributed by atoms with Gasteiger partial charge in [0.25, 0.3) is 5.69 Å². The highest BCUT2D eigenvalue weighted by molar-refractivity contribution is 6.61. The van der Waals surface area contributed by atoms with Crippen LogP contribution >= 0.6 is 0 Å². The van der Waals surface area contributed by atoms with Gasteiger partial charge in [0.1, 0.15) is 0 Å². The van der Waals surface area contributed by atoms with Crippen LogP contribution in [-0.4, -0.2) is 28.3 Å². The molecular formula is C9H9BN2O6. The molecule has 0 spiro atoms. The largest absolute Gasteiger partial charge is 0.492 e. The van der Waals surface area contributed by atoms with E-state index >= 15 is 0 Å². The molecule has 0 atom stereocenters. The summed E-state index contributed by atoms with van der Waals surface area (Å²) in [5.74, 6) is 0. The summed E-state index contributed by atoms with van der Waals surface area (Å²) in [4.78, 5) is 20.6. The molecule has 18 heavy (non-hydrogen) atoms. The zero-order chi connectivity index (χ0) is 13.3. The number of amides is 1. The van der Waals surface area contributed by atoms with Crippen LogP contribution in [0.1, 0.15) is 11.1 Å². The summed E-state index contributed by atoms with van der Waals surface area (Å²) in [7, 11) is -1.21. The number of hydrogen-bond acceptors (Lipinski definition) is 5. The Bertz CT molecular complexity index is 520. The Morgan fingerprint density at radius 1 is 1.61 bits per heavy atom. The zero-order valence-corrected chi connectivity index (χ0v) is 9.12. The third kappa shape index (κ3) is 2.26. The van der Waals surface area contributed by atoms with Crippen LogP contribution in [0.4, 0.5) is 10.5 Å². The maximum Gasteiger partial charge on any atom is 0.492 e. The second-order valence-corrected chi connectivity index (χ2v) is 3.75. The van der Waals surface area contributed by atoms with Crippen molar-refractivity contribution >= 4 is 24.4 Å². The van der Waals surface area contributed by atoms with E-state index in [4.69, 9.17) is 9.76 Å². The lowest BCUT2D eigenvalue weighted by atomic mass is 9.78. The Morgan fingerprint density at radius 2 is 2.33 bits per heavy atom. The average Bonchev–Trinajstić information content (AvgIpc) is 2.68. The van der Waals surface area contributed by atoms with E-state index in [1.54, 1.807) is 0 Å². The normalized spacial score (nSPS) is 13.3. The first-order valence-electron chi connectivity index (χ1n) is 5.05. The summed E-state index contributed by atoms with van der Waals surface area (Å²) >= 11 is 0. The number of hydrogen-bond donors (Lipinski definition) is 3. The third-order valence-electron chi connectivity index (χ3n) is 2.65. The van der Waals surface area contributed by atoms with Gasteiger partial charge in [0.05, 0.1) is 11.5 Å². The van der Waals surface area contributed by atoms with Gasteiger partial charge in [-0.2, -0.15) is 0 Å². The van der Waals surface area contributed by atoms with Gasteiger partial charge in [0.15, 0.2) is 0 Å². The van der Waals surface area contributed by atoms with Gasteiger partial charge in [0.2, 0.25) is 0 Å². The van der Waals surface area contributed by atoms with Gasteiger partial charge in [-0.3, -0.25) is 10.1 Å². The molecule has 1 aromatic rings. The highest BCUT2D eigenvalue weighted by Gasteiger charge is 2.31. The molecule has 1 aliphatic heterocycles. The maximum atomic E-state index is 10.7. The van der Waals surface area contributed by atoms with E-state index in [9.17, 15) is 19.9 Å². The van der Waals surface area contributed by atoms with Gasteiger partial charge < -0.3 is 20.1 Å². The van der Waals surface area contributed by atoms with E-state index in [0.717, 1.165) is 0 Å². The van der Waals surface area contributed by atoms with Gasteiger partial charge in [-0.1, -0.05) is 0 Å². The SMILES string of the molecule is O=C(O)NCc1cc([N+](=O)[O-])cc2c1COB2O. The Hall–Kier alpha value is -2.13. The van der Waals surface area contributed by atoms with Crippen molar-refractivity contribution in [3.63, 3.8) is 0 Å². The number of rotatable bonds is 3. The molecular weight excluding hydrogens is 243 g/mol. The van der Waals surface area contributed by atoms with Crippen LogP contribution in [0.3, 0.4) is 0 Å². The molecule has 3 N–H and O–H groups in total. The molecule has 1 heterocycles. The molecule has 94 valence electrons. The molecule has 1 amide bonds. The summed E-state index contributed by atoms with van der Waals surface area (Å²) in [6.45, 7) is 0.0283. The first-order chi connectivity index (χ1) is 8.49. The van der Waals surface area contributed by atoms with Gasteiger partial charge in [0, 0.05) is 18.7 Å². The molecule has 0 aromatic heterocycles. The van der Waals surface area contributed by atoms with E-state index in [-0.39, 0.29) is 18.8 Å². The van der Waals surface area contributed by atoms with E-state index in [1.165, 1.54) is 12.1 Å². The van der Waals surface area contributed by atoms with Crippen LogP contribution in [0, 0.1) is 10.1 Å². The Kier molecular flexibility index (Phi) is 3.17. The molecule has 1 aliphatic rings. The highest BCUT2D eigenvalue weighted by Crippen LogP contribution is 2.21. The minimum Gasteiger partial charge on any atom is -0.465 e. The van der Waals surface area contributed by atoms with E-state index < -0.39 is 18.1 Å². The van der Waals surface area contributed by atoms with Gasteiger partial charge in [-0.15, -0.1) is 0 Å². The first kappa shape index (κ1) is 12.3. The Morgan fingerprint density at radius 3 is 2.94 bits per heavy atom. The lowest BCUT2D eigenvalue weighted by Crippen LogP contribution is -2.29. The van der Waals surface area contributed by atoms with Crippen molar-refractivity contribution in [3.8, 4) is 0 Å². The molecule has 0 aliphatic carbocycles. The van der Waals surface area contributed by atoms with Gasteiger partial charge >= 0.3 is 13.2 Å². The van der Waals surface area contributed by atoms with Crippen LogP contribution in [0.5, 0.6) is 0 Å². The molecule has 0 radical (unpaired) electrons. The minimum atomic E-state index is -1.23. The third-order valence-corrected chi connectivity index (χ3v) is 2.65. The van der Waals surface area contributed by atoms with Crippen LogP contribution in [0.25, 0.3) is 0 Å². The monoisotopic (exact) mass is 252 g/mol. The van der Waals surface area contributed by atoms with Crippen molar-refractivity contribution in [3.05, 3.63) is 33.4 Å².